The van der Waals surface area contributed by atoms with Crippen molar-refractivity contribution in [2.24, 2.45) is 0 Å². The van der Waals surface area contributed by atoms with Crippen LogP contribution in [0.15, 0.2) is 71.5 Å². The summed E-state index contributed by atoms with van der Waals surface area (Å²) in [4.78, 5) is 17.2. The fraction of sp³-hybridized carbons (Fsp3) is 0.387. The molecule has 0 bridgehead atoms. The van der Waals surface area contributed by atoms with Gasteiger partial charge >= 0.3 is 12.4 Å². The molecule has 0 aromatic heterocycles. The number of benzene rings is 2. The minimum absolute atomic E-state index is 0.186. The van der Waals surface area contributed by atoms with E-state index in [0.717, 1.165) is 29.8 Å². The monoisotopic (exact) mass is 578 g/mol. The molecule has 41 heavy (non-hydrogen) atoms. The molecule has 0 aliphatic carbocycles. The van der Waals surface area contributed by atoms with Crippen LogP contribution in [0.3, 0.4) is 0 Å². The fourth-order valence-corrected chi connectivity index (χ4v) is 5.07. The van der Waals surface area contributed by atoms with Crippen molar-refractivity contribution < 1.29 is 31.1 Å². The molecular weight excluding hydrogens is 546 g/mol. The Kier molecular flexibility index (Phi) is 9.13. The van der Waals surface area contributed by atoms with Crippen LogP contribution in [0.2, 0.25) is 0 Å². The molecule has 0 N–H and O–H groups in total. The smallest absolute Gasteiger partial charge is 0.416 e. The number of hydrogen-bond donors (Lipinski definition) is 0. The SMILES string of the molecule is COc1cc(C(C)C)ccc(CN2CCN(C(c3ccc(C(F)(F)F)cc3)c3ccc(C(F)(F)F)cc3)CC2)c1=O. The molecular formula is C31H32F6N2O2. The molecule has 1 saturated heterocycles. The fourth-order valence-electron chi connectivity index (χ4n) is 5.07. The van der Waals surface area contributed by atoms with E-state index in [1.54, 1.807) is 6.07 Å². The van der Waals surface area contributed by atoms with Gasteiger partial charge in [0, 0.05) is 38.3 Å². The first-order valence-corrected chi connectivity index (χ1v) is 13.3. The first-order chi connectivity index (χ1) is 19.3. The Morgan fingerprint density at radius 3 is 1.61 bits per heavy atom. The number of halogens is 6. The van der Waals surface area contributed by atoms with Gasteiger partial charge in [-0.05, 0) is 52.9 Å². The summed E-state index contributed by atoms with van der Waals surface area (Å²) in [6.07, 6.45) is -9.00. The minimum Gasteiger partial charge on any atom is -0.493 e. The van der Waals surface area contributed by atoms with Crippen molar-refractivity contribution in [1.29, 1.82) is 0 Å². The van der Waals surface area contributed by atoms with Gasteiger partial charge in [-0.1, -0.05) is 50.2 Å². The second-order valence-electron chi connectivity index (χ2n) is 10.5. The number of nitrogens with zero attached hydrogens (tertiary/aromatic N) is 2. The van der Waals surface area contributed by atoms with E-state index in [9.17, 15) is 31.1 Å². The third-order valence-electron chi connectivity index (χ3n) is 7.45. The van der Waals surface area contributed by atoms with Crippen LogP contribution in [0.1, 0.15) is 59.2 Å². The van der Waals surface area contributed by atoms with Crippen molar-refractivity contribution in [3.8, 4) is 5.75 Å². The molecule has 0 radical (unpaired) electrons. The third kappa shape index (κ3) is 7.29. The molecule has 0 amide bonds. The summed E-state index contributed by atoms with van der Waals surface area (Å²) in [6, 6.07) is 14.4. The highest BCUT2D eigenvalue weighted by molar-refractivity contribution is 5.37. The number of alkyl halides is 6. The first-order valence-electron chi connectivity index (χ1n) is 13.3. The van der Waals surface area contributed by atoms with Gasteiger partial charge in [0.25, 0.3) is 0 Å². The topological polar surface area (TPSA) is 32.8 Å². The summed E-state index contributed by atoms with van der Waals surface area (Å²) in [6.45, 7) is 6.54. The summed E-state index contributed by atoms with van der Waals surface area (Å²) in [5.74, 6) is 0.483. The Morgan fingerprint density at radius 2 is 1.20 bits per heavy atom. The van der Waals surface area contributed by atoms with Gasteiger partial charge in [0.05, 0.1) is 24.3 Å². The molecule has 0 unspecified atom stereocenters. The lowest BCUT2D eigenvalue weighted by Crippen LogP contribution is -2.47. The van der Waals surface area contributed by atoms with E-state index >= 15 is 0 Å². The zero-order chi connectivity index (χ0) is 29.9. The van der Waals surface area contributed by atoms with Gasteiger partial charge in [-0.15, -0.1) is 0 Å². The highest BCUT2D eigenvalue weighted by Crippen LogP contribution is 2.36. The number of methoxy groups -OCH3 is 1. The average molecular weight is 579 g/mol. The number of rotatable bonds is 7. The lowest BCUT2D eigenvalue weighted by atomic mass is 9.94. The van der Waals surface area contributed by atoms with Crippen LogP contribution in [0.25, 0.3) is 0 Å². The Bertz CT molecular complexity index is 1320. The summed E-state index contributed by atoms with van der Waals surface area (Å²) in [5, 5.41) is 0. The van der Waals surface area contributed by atoms with E-state index in [1.165, 1.54) is 31.4 Å². The molecule has 1 aliphatic rings. The maximum atomic E-state index is 13.2. The molecule has 0 saturated carbocycles. The summed E-state index contributed by atoms with van der Waals surface area (Å²) in [7, 11) is 1.46. The highest BCUT2D eigenvalue weighted by atomic mass is 19.4. The molecule has 3 aromatic carbocycles. The summed E-state index contributed by atoms with van der Waals surface area (Å²) < 4.78 is 84.5. The van der Waals surface area contributed by atoms with Crippen LogP contribution in [0.5, 0.6) is 5.75 Å². The van der Waals surface area contributed by atoms with E-state index in [-0.39, 0.29) is 17.1 Å². The first kappa shape index (κ1) is 30.6. The van der Waals surface area contributed by atoms with Gasteiger partial charge < -0.3 is 4.74 Å². The predicted molar refractivity (Wildman–Crippen MR) is 145 cm³/mol. The van der Waals surface area contributed by atoms with Crippen molar-refractivity contribution in [1.82, 2.24) is 9.80 Å². The zero-order valence-corrected chi connectivity index (χ0v) is 23.0. The summed E-state index contributed by atoms with van der Waals surface area (Å²) in [5.41, 5.74) is 0.892. The van der Waals surface area contributed by atoms with Crippen molar-refractivity contribution in [2.45, 2.75) is 44.7 Å². The van der Waals surface area contributed by atoms with Crippen molar-refractivity contribution in [3.63, 3.8) is 0 Å². The van der Waals surface area contributed by atoms with Crippen LogP contribution in [-0.4, -0.2) is 43.1 Å². The van der Waals surface area contributed by atoms with Crippen molar-refractivity contribution in [3.05, 3.63) is 110 Å². The van der Waals surface area contributed by atoms with Crippen molar-refractivity contribution in [2.75, 3.05) is 33.3 Å². The second-order valence-corrected chi connectivity index (χ2v) is 10.5. The minimum atomic E-state index is -4.50. The van der Waals surface area contributed by atoms with E-state index in [1.807, 2.05) is 30.9 Å². The standard InChI is InChI=1S/C31H32F6N2O2/c1-20(2)23-4-5-24(29(40)27(18-23)41-3)19-38-14-16-39(17-15-38)28(21-6-10-25(11-7-21)30(32,33)34)22-8-12-26(13-9-22)31(35,36)37/h4-13,18,20,28H,14-17,19H2,1-3H3. The van der Waals surface area contributed by atoms with Gasteiger partial charge in [0.15, 0.2) is 5.75 Å². The Hall–Kier alpha value is -3.37. The van der Waals surface area contributed by atoms with E-state index in [0.29, 0.717) is 49.4 Å². The molecule has 1 heterocycles. The molecule has 1 aliphatic heterocycles. The molecule has 0 atom stereocenters. The van der Waals surface area contributed by atoms with E-state index < -0.39 is 29.5 Å². The lowest BCUT2D eigenvalue weighted by molar-refractivity contribution is -0.138. The van der Waals surface area contributed by atoms with Crippen LogP contribution < -0.4 is 10.2 Å². The van der Waals surface area contributed by atoms with Crippen molar-refractivity contribution >= 4 is 0 Å². The maximum Gasteiger partial charge on any atom is 0.416 e. The van der Waals surface area contributed by atoms with E-state index in [2.05, 4.69) is 4.90 Å². The zero-order valence-electron chi connectivity index (χ0n) is 23.0. The predicted octanol–water partition coefficient (Wildman–Crippen LogP) is 7.12. The largest absolute Gasteiger partial charge is 0.493 e. The summed E-state index contributed by atoms with van der Waals surface area (Å²) >= 11 is 0. The molecule has 4 nitrogen and oxygen atoms in total. The number of piperazine rings is 1. The Labute approximate surface area is 235 Å². The average Bonchev–Trinajstić information content (AvgIpc) is 3.08. The van der Waals surface area contributed by atoms with E-state index in [4.69, 9.17) is 4.74 Å². The van der Waals surface area contributed by atoms with Crippen LogP contribution in [0, 0.1) is 0 Å². The number of hydrogen-bond acceptors (Lipinski definition) is 4. The van der Waals surface area contributed by atoms with Crippen LogP contribution in [0.4, 0.5) is 26.3 Å². The molecule has 10 heteroatoms. The molecule has 1 fully saturated rings. The molecule has 220 valence electrons. The van der Waals surface area contributed by atoms with Gasteiger partial charge in [-0.3, -0.25) is 14.6 Å². The Balaban J connectivity index is 1.58. The maximum absolute atomic E-state index is 13.2. The second kappa shape index (κ2) is 12.2. The highest BCUT2D eigenvalue weighted by Gasteiger charge is 2.33. The van der Waals surface area contributed by atoms with Gasteiger partial charge in [-0.2, -0.15) is 26.3 Å². The molecule has 0 spiro atoms. The van der Waals surface area contributed by atoms with Crippen LogP contribution >= 0.6 is 0 Å². The van der Waals surface area contributed by atoms with Gasteiger partial charge in [0.1, 0.15) is 0 Å². The molecule has 3 aromatic rings. The number of ether oxygens (including phenoxy) is 1. The quantitative estimate of drug-likeness (QED) is 0.280. The van der Waals surface area contributed by atoms with Gasteiger partial charge in [0.2, 0.25) is 5.43 Å². The Morgan fingerprint density at radius 1 is 0.732 bits per heavy atom. The normalized spacial score (nSPS) is 15.5. The van der Waals surface area contributed by atoms with Crippen LogP contribution in [-0.2, 0) is 18.9 Å². The lowest BCUT2D eigenvalue weighted by Gasteiger charge is -2.40. The van der Waals surface area contributed by atoms with Gasteiger partial charge in [-0.25, -0.2) is 0 Å². The molecule has 4 rings (SSSR count). The third-order valence-corrected chi connectivity index (χ3v) is 7.45.